The van der Waals surface area contributed by atoms with Crippen molar-refractivity contribution in [3.8, 4) is 11.5 Å². The Bertz CT molecular complexity index is 867. The molecule has 8 heteroatoms. The predicted molar refractivity (Wildman–Crippen MR) is 135 cm³/mol. The Kier molecular flexibility index (Phi) is 10.1. The molecular formula is C24H30Cl4N2O2. The van der Waals surface area contributed by atoms with Crippen molar-refractivity contribution in [2.75, 3.05) is 40.3 Å². The van der Waals surface area contributed by atoms with Crippen LogP contribution in [0.15, 0.2) is 36.4 Å². The van der Waals surface area contributed by atoms with E-state index in [0.29, 0.717) is 31.9 Å². The van der Waals surface area contributed by atoms with E-state index >= 15 is 0 Å². The molecular weight excluding hydrogens is 490 g/mol. The summed E-state index contributed by atoms with van der Waals surface area (Å²) >= 11 is 23.8. The Balaban J connectivity index is 0.000000181. The minimum absolute atomic E-state index is 0.257. The third kappa shape index (κ3) is 7.86. The van der Waals surface area contributed by atoms with Crippen LogP contribution in [0.1, 0.15) is 25.7 Å². The summed E-state index contributed by atoms with van der Waals surface area (Å²) in [5.74, 6) is 1.51. The van der Waals surface area contributed by atoms with Crippen LogP contribution in [0.5, 0.6) is 11.5 Å². The molecule has 32 heavy (non-hydrogen) atoms. The van der Waals surface area contributed by atoms with Gasteiger partial charge in [0.05, 0.1) is 15.1 Å². The molecule has 2 aliphatic heterocycles. The van der Waals surface area contributed by atoms with Crippen molar-refractivity contribution in [1.82, 2.24) is 9.80 Å². The molecule has 2 heterocycles. The van der Waals surface area contributed by atoms with Gasteiger partial charge in [-0.1, -0.05) is 52.5 Å². The number of likely N-dealkylation sites (tertiary alicyclic amines) is 2. The van der Waals surface area contributed by atoms with Crippen molar-refractivity contribution >= 4 is 46.4 Å². The first-order chi connectivity index (χ1) is 15.3. The van der Waals surface area contributed by atoms with E-state index in [-0.39, 0.29) is 6.10 Å². The Morgan fingerprint density at radius 2 is 1.25 bits per heavy atom. The Hall–Kier alpha value is -0.880. The molecule has 4 rings (SSSR count). The van der Waals surface area contributed by atoms with Gasteiger partial charge in [-0.2, -0.15) is 0 Å². The van der Waals surface area contributed by atoms with E-state index in [4.69, 9.17) is 55.9 Å². The molecule has 0 atom stereocenters. The summed E-state index contributed by atoms with van der Waals surface area (Å²) in [6.45, 7) is 4.32. The highest BCUT2D eigenvalue weighted by Gasteiger charge is 2.20. The first kappa shape index (κ1) is 25.7. The van der Waals surface area contributed by atoms with Crippen LogP contribution < -0.4 is 9.47 Å². The second-order valence-electron chi connectivity index (χ2n) is 8.37. The normalized spacial score (nSPS) is 18.7. The highest BCUT2D eigenvalue weighted by atomic mass is 35.5. The number of nitrogens with zero attached hydrogens (tertiary/aromatic N) is 2. The quantitative estimate of drug-likeness (QED) is 0.437. The van der Waals surface area contributed by atoms with Gasteiger partial charge in [0.1, 0.15) is 28.7 Å². The van der Waals surface area contributed by atoms with Gasteiger partial charge in [0.15, 0.2) is 0 Å². The summed E-state index contributed by atoms with van der Waals surface area (Å²) in [6, 6.07) is 10.9. The van der Waals surface area contributed by atoms with Crippen molar-refractivity contribution in [2.24, 2.45) is 0 Å². The lowest BCUT2D eigenvalue weighted by Gasteiger charge is -2.29. The maximum Gasteiger partial charge on any atom is 0.139 e. The summed E-state index contributed by atoms with van der Waals surface area (Å²) in [4.78, 5) is 4.62. The maximum atomic E-state index is 6.07. The molecule has 0 unspecified atom stereocenters. The molecule has 0 amide bonds. The minimum Gasteiger partial charge on any atom is -0.490 e. The average molecular weight is 520 g/mol. The molecule has 2 saturated heterocycles. The predicted octanol–water partition coefficient (Wildman–Crippen LogP) is 6.93. The van der Waals surface area contributed by atoms with Gasteiger partial charge in [-0.05, 0) is 64.0 Å². The van der Waals surface area contributed by atoms with Gasteiger partial charge in [0.25, 0.3) is 0 Å². The molecule has 0 N–H and O–H groups in total. The van der Waals surface area contributed by atoms with Crippen molar-refractivity contribution < 1.29 is 9.47 Å². The average Bonchev–Trinajstić information content (AvgIpc) is 2.78. The highest BCUT2D eigenvalue weighted by Crippen LogP contribution is 2.33. The summed E-state index contributed by atoms with van der Waals surface area (Å²) in [5.41, 5.74) is 0. The zero-order valence-electron chi connectivity index (χ0n) is 18.5. The van der Waals surface area contributed by atoms with Gasteiger partial charge >= 0.3 is 0 Å². The van der Waals surface area contributed by atoms with E-state index in [2.05, 4.69) is 23.9 Å². The van der Waals surface area contributed by atoms with Gasteiger partial charge in [0.2, 0.25) is 0 Å². The topological polar surface area (TPSA) is 24.9 Å². The zero-order valence-corrected chi connectivity index (χ0v) is 21.5. The number of benzene rings is 2. The second-order valence-corrected chi connectivity index (χ2v) is 9.97. The van der Waals surface area contributed by atoms with Crippen LogP contribution in [-0.2, 0) is 0 Å². The van der Waals surface area contributed by atoms with Gasteiger partial charge in [-0.15, -0.1) is 0 Å². The molecule has 2 aromatic carbocycles. The van der Waals surface area contributed by atoms with Crippen molar-refractivity contribution in [2.45, 2.75) is 37.9 Å². The summed E-state index contributed by atoms with van der Waals surface area (Å²) in [7, 11) is 4.26. The van der Waals surface area contributed by atoms with Crippen molar-refractivity contribution in [3.63, 3.8) is 0 Å². The fourth-order valence-corrected chi connectivity index (χ4v) is 4.33. The summed E-state index contributed by atoms with van der Waals surface area (Å²) < 4.78 is 11.7. The van der Waals surface area contributed by atoms with Crippen LogP contribution in [0, 0.1) is 0 Å². The number of hydrogen-bond acceptors (Lipinski definition) is 4. The van der Waals surface area contributed by atoms with Crippen LogP contribution in [0.25, 0.3) is 0 Å². The van der Waals surface area contributed by atoms with Crippen molar-refractivity contribution in [1.29, 1.82) is 0 Å². The Morgan fingerprint density at radius 1 is 0.688 bits per heavy atom. The molecule has 4 nitrogen and oxygen atoms in total. The Labute approximate surface area is 211 Å². The van der Waals surface area contributed by atoms with Gasteiger partial charge in [0, 0.05) is 32.2 Å². The van der Waals surface area contributed by atoms with E-state index in [0.717, 1.165) is 57.6 Å². The zero-order chi connectivity index (χ0) is 23.1. The standard InChI is InChI=1S/2C12H15Cl2NO/c1-15-6-4-9(5-7-15)16-10-2-3-11(13)12(14)8-10;1-15-7-5-9(6-8-15)16-11-4-2-3-10(13)12(11)14/h2-3,8-9H,4-7H2,1H3;2-4,9H,5-8H2,1H3. The number of piperidine rings is 2. The summed E-state index contributed by atoms with van der Waals surface area (Å²) in [6.07, 6.45) is 4.77. The SMILES string of the molecule is CN1CCC(Oc2ccc(Cl)c(Cl)c2)CC1.CN1CCC(Oc2cccc(Cl)c2Cl)CC1. The molecule has 2 fully saturated rings. The molecule has 0 radical (unpaired) electrons. The molecule has 0 spiro atoms. The largest absolute Gasteiger partial charge is 0.490 e. The third-order valence-corrected chi connectivity index (χ3v) is 7.28. The Morgan fingerprint density at radius 3 is 1.81 bits per heavy atom. The lowest BCUT2D eigenvalue weighted by atomic mass is 10.1. The smallest absolute Gasteiger partial charge is 0.139 e. The summed E-state index contributed by atoms with van der Waals surface area (Å²) in [5, 5.41) is 2.18. The van der Waals surface area contributed by atoms with Gasteiger partial charge < -0.3 is 19.3 Å². The molecule has 0 saturated carbocycles. The van der Waals surface area contributed by atoms with Gasteiger partial charge in [-0.25, -0.2) is 0 Å². The second kappa shape index (κ2) is 12.5. The molecule has 0 aromatic heterocycles. The van der Waals surface area contributed by atoms with Gasteiger partial charge in [-0.3, -0.25) is 0 Å². The highest BCUT2D eigenvalue weighted by molar-refractivity contribution is 6.43. The fraction of sp³-hybridized carbons (Fsp3) is 0.500. The number of hydrogen-bond donors (Lipinski definition) is 0. The molecule has 2 aliphatic rings. The van der Waals surface area contributed by atoms with Crippen LogP contribution in [0.2, 0.25) is 20.1 Å². The lowest BCUT2D eigenvalue weighted by molar-refractivity contribution is 0.114. The van der Waals surface area contributed by atoms with E-state index in [9.17, 15) is 0 Å². The molecule has 176 valence electrons. The lowest BCUT2D eigenvalue weighted by Crippen LogP contribution is -2.35. The fourth-order valence-electron chi connectivity index (χ4n) is 3.70. The maximum absolute atomic E-state index is 6.07. The molecule has 0 aliphatic carbocycles. The number of halogens is 4. The van der Waals surface area contributed by atoms with Crippen LogP contribution in [-0.4, -0.2) is 62.3 Å². The number of ether oxygens (including phenoxy) is 2. The molecule has 2 aromatic rings. The monoisotopic (exact) mass is 518 g/mol. The van der Waals surface area contributed by atoms with E-state index in [1.54, 1.807) is 18.2 Å². The first-order valence-electron chi connectivity index (χ1n) is 10.9. The van der Waals surface area contributed by atoms with E-state index < -0.39 is 0 Å². The first-order valence-corrected chi connectivity index (χ1v) is 12.4. The minimum atomic E-state index is 0.257. The van der Waals surface area contributed by atoms with Crippen LogP contribution >= 0.6 is 46.4 Å². The van der Waals surface area contributed by atoms with Crippen LogP contribution in [0.4, 0.5) is 0 Å². The molecule has 0 bridgehead atoms. The van der Waals surface area contributed by atoms with E-state index in [1.807, 2.05) is 18.2 Å². The number of rotatable bonds is 4. The van der Waals surface area contributed by atoms with Crippen molar-refractivity contribution in [3.05, 3.63) is 56.5 Å². The van der Waals surface area contributed by atoms with Crippen LogP contribution in [0.3, 0.4) is 0 Å². The van der Waals surface area contributed by atoms with E-state index in [1.165, 1.54) is 0 Å². The third-order valence-electron chi connectivity index (χ3n) is 5.73.